The van der Waals surface area contributed by atoms with E-state index in [-0.39, 0.29) is 25.2 Å². The molecule has 0 bridgehead atoms. The van der Waals surface area contributed by atoms with Crippen LogP contribution in [0.4, 0.5) is 33.7 Å². The molecule has 0 spiro atoms. The number of morpholine rings is 1. The second-order valence-electron chi connectivity index (χ2n) is 10.4. The number of fused-ring (bicyclic) bond motifs is 1. The van der Waals surface area contributed by atoms with Crippen LogP contribution in [0.5, 0.6) is 0 Å². The number of hydrogen-bond acceptors (Lipinski definition) is 4. The van der Waals surface area contributed by atoms with E-state index >= 15 is 0 Å². The Morgan fingerprint density at radius 3 is 2.64 bits per heavy atom. The maximum absolute atomic E-state index is 15.0. The standard InChI is InChI=1S/C28H33F4N5O2/c1-3-4-21-17-37-16-20(12-25(26(37)33-21)35-7-9-39-10-8-35)22-13-24(23(29)11-18(22)2)34-27(38)36-6-5-19(15-36)14-28(30,31)32/h11-13,16-17,19H,3-10,14-15H2,1-2H3,(H,34,38). The highest BCUT2D eigenvalue weighted by Crippen LogP contribution is 2.35. The first kappa shape index (κ1) is 27.2. The van der Waals surface area contributed by atoms with E-state index in [4.69, 9.17) is 9.72 Å². The summed E-state index contributed by atoms with van der Waals surface area (Å²) in [6.45, 7) is 6.79. The van der Waals surface area contributed by atoms with Crippen LogP contribution < -0.4 is 10.2 Å². The van der Waals surface area contributed by atoms with Crippen molar-refractivity contribution < 1.29 is 27.1 Å². The normalized spacial score (nSPS) is 18.3. The topological polar surface area (TPSA) is 62.1 Å². The summed E-state index contributed by atoms with van der Waals surface area (Å²) >= 11 is 0. The van der Waals surface area contributed by atoms with Gasteiger partial charge in [-0.1, -0.05) is 13.3 Å². The number of aromatic nitrogens is 2. The zero-order valence-electron chi connectivity index (χ0n) is 22.2. The molecule has 1 unspecified atom stereocenters. The van der Waals surface area contributed by atoms with Crippen molar-refractivity contribution in [2.45, 2.75) is 45.7 Å². The summed E-state index contributed by atoms with van der Waals surface area (Å²) in [5, 5.41) is 2.59. The Kier molecular flexibility index (Phi) is 7.70. The Balaban J connectivity index is 1.45. The van der Waals surface area contributed by atoms with Crippen LogP contribution in [-0.4, -0.2) is 65.9 Å². The lowest BCUT2D eigenvalue weighted by molar-refractivity contribution is -0.143. The number of alkyl halides is 3. The number of carbonyl (C=O) groups is 1. The Morgan fingerprint density at radius 2 is 1.92 bits per heavy atom. The summed E-state index contributed by atoms with van der Waals surface area (Å²) in [6, 6.07) is 4.41. The molecule has 11 heteroatoms. The van der Waals surface area contributed by atoms with Crippen LogP contribution >= 0.6 is 0 Å². The molecule has 3 aromatic rings. The number of benzene rings is 1. The van der Waals surface area contributed by atoms with Gasteiger partial charge in [0.1, 0.15) is 5.82 Å². The fraction of sp³-hybridized carbons (Fsp3) is 0.500. The van der Waals surface area contributed by atoms with Gasteiger partial charge in [0, 0.05) is 50.6 Å². The lowest BCUT2D eigenvalue weighted by Crippen LogP contribution is -2.36. The number of hydrogen-bond donors (Lipinski definition) is 1. The maximum atomic E-state index is 15.0. The van der Waals surface area contributed by atoms with Crippen molar-refractivity contribution in [2.75, 3.05) is 49.6 Å². The van der Waals surface area contributed by atoms with E-state index < -0.39 is 30.4 Å². The summed E-state index contributed by atoms with van der Waals surface area (Å²) in [5.41, 5.74) is 5.06. The number of halogens is 4. The van der Waals surface area contributed by atoms with Crippen molar-refractivity contribution in [3.8, 4) is 11.1 Å². The number of aryl methyl sites for hydroxylation is 2. The first-order chi connectivity index (χ1) is 18.6. The summed E-state index contributed by atoms with van der Waals surface area (Å²) < 4.78 is 60.9. The fourth-order valence-corrected chi connectivity index (χ4v) is 5.48. The molecule has 7 nitrogen and oxygen atoms in total. The van der Waals surface area contributed by atoms with Gasteiger partial charge in [0.25, 0.3) is 0 Å². The van der Waals surface area contributed by atoms with E-state index in [0.717, 1.165) is 54.1 Å². The SMILES string of the molecule is CCCc1cn2cc(-c3cc(NC(=O)N4CCC(CC(F)(F)F)C4)c(F)cc3C)cc(N3CCOCC3)c2n1. The molecule has 5 rings (SSSR count). The molecular weight excluding hydrogens is 514 g/mol. The molecule has 1 atom stereocenters. The van der Waals surface area contributed by atoms with Gasteiger partial charge in [-0.25, -0.2) is 14.2 Å². The number of imidazole rings is 1. The number of likely N-dealkylation sites (tertiary alicyclic amines) is 1. The van der Waals surface area contributed by atoms with Gasteiger partial charge >= 0.3 is 12.2 Å². The highest BCUT2D eigenvalue weighted by Gasteiger charge is 2.36. The van der Waals surface area contributed by atoms with Gasteiger partial charge in [-0.2, -0.15) is 13.2 Å². The summed E-state index contributed by atoms with van der Waals surface area (Å²) in [7, 11) is 0. The van der Waals surface area contributed by atoms with E-state index in [1.165, 1.54) is 11.0 Å². The number of urea groups is 1. The molecule has 1 N–H and O–H groups in total. The van der Waals surface area contributed by atoms with Gasteiger partial charge in [-0.3, -0.25) is 0 Å². The van der Waals surface area contributed by atoms with E-state index in [2.05, 4.69) is 17.1 Å². The first-order valence-corrected chi connectivity index (χ1v) is 13.4. The number of anilines is 2. The molecule has 2 saturated heterocycles. The molecule has 2 amide bonds. The third kappa shape index (κ3) is 6.13. The number of ether oxygens (including phenoxy) is 1. The fourth-order valence-electron chi connectivity index (χ4n) is 5.48. The van der Waals surface area contributed by atoms with Gasteiger partial charge in [0.15, 0.2) is 5.65 Å². The Hall–Kier alpha value is -3.34. The largest absolute Gasteiger partial charge is 0.389 e. The number of amides is 2. The number of pyridine rings is 1. The molecule has 0 saturated carbocycles. The van der Waals surface area contributed by atoms with Crippen molar-refractivity contribution in [3.05, 3.63) is 47.7 Å². The number of nitrogens with one attached hydrogen (secondary N) is 1. The molecule has 2 fully saturated rings. The zero-order valence-corrected chi connectivity index (χ0v) is 22.2. The minimum atomic E-state index is -4.27. The molecule has 1 aromatic carbocycles. The molecule has 2 aromatic heterocycles. The highest BCUT2D eigenvalue weighted by atomic mass is 19.4. The number of carbonyl (C=O) groups excluding carboxylic acids is 1. The molecule has 39 heavy (non-hydrogen) atoms. The molecule has 2 aliphatic heterocycles. The molecule has 210 valence electrons. The maximum Gasteiger partial charge on any atom is 0.389 e. The number of rotatable bonds is 6. The highest BCUT2D eigenvalue weighted by molar-refractivity contribution is 5.91. The first-order valence-electron chi connectivity index (χ1n) is 13.4. The molecule has 2 aliphatic rings. The average molecular weight is 548 g/mol. The summed E-state index contributed by atoms with van der Waals surface area (Å²) in [4.78, 5) is 21.3. The Labute approximate surface area is 224 Å². The van der Waals surface area contributed by atoms with Crippen LogP contribution in [0.15, 0.2) is 30.6 Å². The van der Waals surface area contributed by atoms with Gasteiger partial charge in [-0.15, -0.1) is 0 Å². The van der Waals surface area contributed by atoms with E-state index in [1.807, 2.05) is 22.9 Å². The quantitative estimate of drug-likeness (QED) is 0.382. The number of nitrogens with zero attached hydrogens (tertiary/aromatic N) is 4. The van der Waals surface area contributed by atoms with Gasteiger partial charge in [-0.05, 0) is 55.0 Å². The Bertz CT molecular complexity index is 1350. The van der Waals surface area contributed by atoms with Crippen LogP contribution in [0, 0.1) is 18.7 Å². The second-order valence-corrected chi connectivity index (χ2v) is 10.4. The predicted octanol–water partition coefficient (Wildman–Crippen LogP) is 6.04. The molecule has 0 radical (unpaired) electrons. The lowest BCUT2D eigenvalue weighted by atomic mass is 10.00. The minimum Gasteiger partial charge on any atom is -0.378 e. The van der Waals surface area contributed by atoms with Gasteiger partial charge in [0.2, 0.25) is 0 Å². The van der Waals surface area contributed by atoms with Gasteiger partial charge in [0.05, 0.1) is 30.3 Å². The van der Waals surface area contributed by atoms with Gasteiger partial charge < -0.3 is 24.3 Å². The van der Waals surface area contributed by atoms with Crippen molar-refractivity contribution in [3.63, 3.8) is 0 Å². The van der Waals surface area contributed by atoms with Crippen molar-refractivity contribution in [1.82, 2.24) is 14.3 Å². The summed E-state index contributed by atoms with van der Waals surface area (Å²) in [6.07, 6.45) is 0.857. The predicted molar refractivity (Wildman–Crippen MR) is 142 cm³/mol. The molecular formula is C28H33F4N5O2. The monoisotopic (exact) mass is 547 g/mol. The minimum absolute atomic E-state index is 0.00796. The van der Waals surface area contributed by atoms with Crippen LogP contribution in [-0.2, 0) is 11.2 Å². The Morgan fingerprint density at radius 1 is 1.15 bits per heavy atom. The third-order valence-electron chi connectivity index (χ3n) is 7.40. The molecule has 4 heterocycles. The van der Waals surface area contributed by atoms with E-state index in [9.17, 15) is 22.4 Å². The van der Waals surface area contributed by atoms with Crippen LogP contribution in [0.25, 0.3) is 16.8 Å². The molecule has 0 aliphatic carbocycles. The summed E-state index contributed by atoms with van der Waals surface area (Å²) in [5.74, 6) is -1.25. The second kappa shape index (κ2) is 11.0. The van der Waals surface area contributed by atoms with Crippen molar-refractivity contribution in [2.24, 2.45) is 5.92 Å². The van der Waals surface area contributed by atoms with Crippen molar-refractivity contribution >= 4 is 23.1 Å². The zero-order chi connectivity index (χ0) is 27.7. The van der Waals surface area contributed by atoms with Crippen LogP contribution in [0.2, 0.25) is 0 Å². The smallest absolute Gasteiger partial charge is 0.378 e. The van der Waals surface area contributed by atoms with E-state index in [0.29, 0.717) is 18.8 Å². The third-order valence-corrected chi connectivity index (χ3v) is 7.40. The average Bonchev–Trinajstić information content (AvgIpc) is 3.51. The van der Waals surface area contributed by atoms with Crippen LogP contribution in [0.3, 0.4) is 0 Å². The lowest BCUT2D eigenvalue weighted by Gasteiger charge is -2.29. The van der Waals surface area contributed by atoms with E-state index in [1.54, 1.807) is 13.0 Å². The van der Waals surface area contributed by atoms with Crippen LogP contribution in [0.1, 0.15) is 37.4 Å². The van der Waals surface area contributed by atoms with Crippen molar-refractivity contribution in [1.29, 1.82) is 0 Å².